The number of ketones is 1. The van der Waals surface area contributed by atoms with E-state index in [1.807, 2.05) is 33.8 Å². The van der Waals surface area contributed by atoms with Crippen molar-refractivity contribution in [1.82, 2.24) is 9.55 Å². The molecule has 2 heterocycles. The first kappa shape index (κ1) is 34.5. The third-order valence-corrected chi connectivity index (χ3v) is 5.88. The Morgan fingerprint density at radius 1 is 1.12 bits per heavy atom. The standard InChI is InChI=1S/C25H24FN3O4.C3H8.2C2H6.2H2/c1-16-6-8-22(26)24(21(16)13-27)33-19-7-9-23-20(12-19)25(31)29(15-28-23)17-4-2-3-5-18(30)10-11-32-14-17;1-3-2;2*1-2;;/h6-9,12,15,17H,2-5,10-11,14H2,1H3;3H2,1-2H3;2*1-2H3;2*1H/t17-;;;;;/m1...../s1. The zero-order valence-corrected chi connectivity index (χ0v) is 25.1. The van der Waals surface area contributed by atoms with Crippen molar-refractivity contribution in [3.05, 3.63) is 64.0 Å². The predicted molar refractivity (Wildman–Crippen MR) is 163 cm³/mol. The van der Waals surface area contributed by atoms with Gasteiger partial charge in [-0.25, -0.2) is 9.37 Å². The van der Waals surface area contributed by atoms with Crippen LogP contribution in [0.25, 0.3) is 10.9 Å². The molecular weight excluding hydrogens is 509 g/mol. The van der Waals surface area contributed by atoms with Gasteiger partial charge in [0.1, 0.15) is 23.2 Å². The van der Waals surface area contributed by atoms with E-state index in [-0.39, 0.29) is 37.3 Å². The fourth-order valence-electron chi connectivity index (χ4n) is 3.99. The molecule has 2 aromatic carbocycles. The number of carbonyl (C=O) groups excluding carboxylic acids is 1. The monoisotopic (exact) mass is 557 g/mol. The Labute approximate surface area is 240 Å². The van der Waals surface area contributed by atoms with Crippen molar-refractivity contribution in [3.8, 4) is 17.6 Å². The van der Waals surface area contributed by atoms with E-state index in [1.165, 1.54) is 30.9 Å². The fourth-order valence-corrected chi connectivity index (χ4v) is 3.99. The number of aryl methyl sites for hydroxylation is 1. The lowest BCUT2D eigenvalue weighted by Gasteiger charge is -2.21. The second-order valence-corrected chi connectivity index (χ2v) is 8.89. The van der Waals surface area contributed by atoms with Gasteiger partial charge < -0.3 is 9.47 Å². The first-order valence-corrected chi connectivity index (χ1v) is 14.4. The maximum Gasteiger partial charge on any atom is 0.261 e. The zero-order chi connectivity index (χ0) is 30.1. The highest BCUT2D eigenvalue weighted by Crippen LogP contribution is 2.31. The number of aromatic nitrogens is 2. The minimum absolute atomic E-state index is 0. The molecule has 0 N–H and O–H groups in total. The van der Waals surface area contributed by atoms with Crippen LogP contribution >= 0.6 is 0 Å². The first-order valence-electron chi connectivity index (χ1n) is 14.4. The lowest BCUT2D eigenvalue weighted by molar-refractivity contribution is -0.120. The van der Waals surface area contributed by atoms with Crippen LogP contribution in [0, 0.1) is 24.1 Å². The van der Waals surface area contributed by atoms with Crippen LogP contribution in [0.1, 0.15) is 100 Å². The molecule has 7 nitrogen and oxygen atoms in total. The van der Waals surface area contributed by atoms with Gasteiger partial charge in [-0.3, -0.25) is 14.2 Å². The zero-order valence-electron chi connectivity index (χ0n) is 25.1. The van der Waals surface area contributed by atoms with Gasteiger partial charge in [0, 0.05) is 15.7 Å². The molecule has 0 spiro atoms. The summed E-state index contributed by atoms with van der Waals surface area (Å²) >= 11 is 0. The van der Waals surface area contributed by atoms with Crippen LogP contribution in [-0.2, 0) is 9.53 Å². The lowest BCUT2D eigenvalue weighted by atomic mass is 10.0. The van der Waals surface area contributed by atoms with Crippen LogP contribution in [-0.4, -0.2) is 28.5 Å². The molecule has 0 radical (unpaired) electrons. The summed E-state index contributed by atoms with van der Waals surface area (Å²) in [7, 11) is 0. The number of Topliss-reactive ketones (excluding diaryl/α,β-unsaturated/α-hetero) is 1. The van der Waals surface area contributed by atoms with E-state index in [9.17, 15) is 19.2 Å². The molecule has 0 amide bonds. The van der Waals surface area contributed by atoms with Crippen molar-refractivity contribution >= 4 is 16.7 Å². The summed E-state index contributed by atoms with van der Waals surface area (Å²) < 4.78 is 27.3. The van der Waals surface area contributed by atoms with Gasteiger partial charge in [0.05, 0.1) is 36.5 Å². The molecule has 1 aromatic heterocycles. The summed E-state index contributed by atoms with van der Waals surface area (Å²) in [5, 5.41) is 9.73. The van der Waals surface area contributed by atoms with Gasteiger partial charge in [-0.2, -0.15) is 5.26 Å². The average Bonchev–Trinajstić information content (AvgIpc) is 2.97. The lowest BCUT2D eigenvalue weighted by Crippen LogP contribution is -2.29. The Hall–Kier alpha value is -3.57. The van der Waals surface area contributed by atoms with Gasteiger partial charge in [0.2, 0.25) is 0 Å². The van der Waals surface area contributed by atoms with Crippen LogP contribution < -0.4 is 10.3 Å². The highest BCUT2D eigenvalue weighted by atomic mass is 19.1. The van der Waals surface area contributed by atoms with E-state index in [1.54, 1.807) is 23.6 Å². The van der Waals surface area contributed by atoms with Crippen molar-refractivity contribution in [1.29, 1.82) is 5.26 Å². The SMILES string of the molecule is CC.CC.CCC.Cc1ccc(F)c(Oc2ccc3ncn([C@@H]4CCCCC(=O)CCOC4)c(=O)c3c2)c1C#N.[HH].[HH]. The number of carbonyl (C=O) groups is 1. The maximum atomic E-state index is 14.4. The van der Waals surface area contributed by atoms with Gasteiger partial charge >= 0.3 is 0 Å². The molecule has 0 unspecified atom stereocenters. The van der Waals surface area contributed by atoms with E-state index in [2.05, 4.69) is 18.8 Å². The normalized spacial score (nSPS) is 15.2. The Kier molecular flexibility index (Phi) is 16.1. The highest BCUT2D eigenvalue weighted by molar-refractivity contribution is 5.79. The number of ether oxygens (including phenoxy) is 2. The number of fused-ring (bicyclic) bond motifs is 1. The predicted octanol–water partition coefficient (Wildman–Crippen LogP) is 8.56. The fraction of sp³-hybridized carbons (Fsp3) is 0.500. The molecule has 1 aliphatic rings. The second-order valence-electron chi connectivity index (χ2n) is 8.89. The van der Waals surface area contributed by atoms with Crippen LogP contribution in [0.2, 0.25) is 0 Å². The number of hydrogen-bond donors (Lipinski definition) is 0. The van der Waals surface area contributed by atoms with Gasteiger partial charge in [0.25, 0.3) is 5.56 Å². The molecular formula is C32H48FN3O4. The van der Waals surface area contributed by atoms with Crippen LogP contribution in [0.4, 0.5) is 4.39 Å². The summed E-state index contributed by atoms with van der Waals surface area (Å²) in [5.74, 6) is -0.384. The third kappa shape index (κ3) is 9.56. The average molecular weight is 558 g/mol. The Morgan fingerprint density at radius 2 is 1.82 bits per heavy atom. The molecule has 0 saturated carbocycles. The second kappa shape index (κ2) is 18.7. The number of halogens is 1. The Balaban J connectivity index is 0. The number of nitriles is 1. The quantitative estimate of drug-likeness (QED) is 0.320. The van der Waals surface area contributed by atoms with E-state index in [0.717, 1.165) is 12.8 Å². The van der Waals surface area contributed by atoms with Crippen molar-refractivity contribution in [2.24, 2.45) is 0 Å². The molecule has 0 aliphatic carbocycles. The van der Waals surface area contributed by atoms with Crippen LogP contribution in [0.5, 0.6) is 11.5 Å². The summed E-state index contributed by atoms with van der Waals surface area (Å²) in [5.41, 5.74) is 0.935. The minimum atomic E-state index is -0.655. The largest absolute Gasteiger partial charge is 0.453 e. The molecule has 1 saturated heterocycles. The van der Waals surface area contributed by atoms with Gasteiger partial charge in [-0.1, -0.05) is 60.5 Å². The van der Waals surface area contributed by atoms with Crippen LogP contribution in [0.3, 0.4) is 0 Å². The molecule has 1 aliphatic heterocycles. The van der Waals surface area contributed by atoms with Crippen molar-refractivity contribution in [2.75, 3.05) is 13.2 Å². The molecule has 222 valence electrons. The van der Waals surface area contributed by atoms with Crippen molar-refractivity contribution in [3.63, 3.8) is 0 Å². The van der Waals surface area contributed by atoms with E-state index in [4.69, 9.17) is 9.47 Å². The van der Waals surface area contributed by atoms with E-state index < -0.39 is 5.82 Å². The highest BCUT2D eigenvalue weighted by Gasteiger charge is 2.18. The topological polar surface area (TPSA) is 94.2 Å². The maximum absolute atomic E-state index is 14.4. The van der Waals surface area contributed by atoms with Crippen LogP contribution in [0.15, 0.2) is 41.5 Å². The van der Waals surface area contributed by atoms with Crippen molar-refractivity contribution in [2.45, 2.75) is 93.0 Å². The Morgan fingerprint density at radius 3 is 2.50 bits per heavy atom. The van der Waals surface area contributed by atoms with E-state index >= 15 is 0 Å². The molecule has 3 aromatic rings. The number of rotatable bonds is 3. The smallest absolute Gasteiger partial charge is 0.261 e. The molecule has 1 atom stereocenters. The number of hydrogen-bond acceptors (Lipinski definition) is 6. The number of nitrogens with zero attached hydrogens (tertiary/aromatic N) is 3. The van der Waals surface area contributed by atoms with Gasteiger partial charge in [-0.15, -0.1) is 0 Å². The van der Waals surface area contributed by atoms with Crippen molar-refractivity contribution < 1.29 is 21.5 Å². The molecule has 1 fully saturated rings. The molecule has 8 heteroatoms. The van der Waals surface area contributed by atoms with Gasteiger partial charge in [0.15, 0.2) is 11.6 Å². The molecule has 40 heavy (non-hydrogen) atoms. The number of benzene rings is 2. The van der Waals surface area contributed by atoms with Gasteiger partial charge in [-0.05, 0) is 49.6 Å². The first-order chi connectivity index (χ1) is 19.4. The minimum Gasteiger partial charge on any atom is -0.453 e. The molecule has 0 bridgehead atoms. The summed E-state index contributed by atoms with van der Waals surface area (Å²) in [4.78, 5) is 29.4. The summed E-state index contributed by atoms with van der Waals surface area (Å²) in [6, 6.07) is 9.26. The Bertz CT molecular complexity index is 1310. The van der Waals surface area contributed by atoms with E-state index in [0.29, 0.717) is 48.9 Å². The summed E-state index contributed by atoms with van der Waals surface area (Å²) in [6.45, 7) is 14.6. The molecule has 4 rings (SSSR count). The third-order valence-electron chi connectivity index (χ3n) is 5.88. The summed E-state index contributed by atoms with van der Waals surface area (Å²) in [6.07, 6.45) is 5.96.